The van der Waals surface area contributed by atoms with Crippen molar-refractivity contribution >= 4 is 11.3 Å². The summed E-state index contributed by atoms with van der Waals surface area (Å²) in [5.74, 6) is 1.16. The smallest absolute Gasteiger partial charge is 0.271 e. The van der Waals surface area contributed by atoms with Gasteiger partial charge in [0.1, 0.15) is 10.6 Å². The summed E-state index contributed by atoms with van der Waals surface area (Å²) in [6.45, 7) is 2.05. The zero-order chi connectivity index (χ0) is 13.2. The number of rotatable bonds is 3. The van der Waals surface area contributed by atoms with Crippen molar-refractivity contribution in [2.24, 2.45) is 0 Å². The average Bonchev–Trinajstić information content (AvgIpc) is 3.01. The van der Waals surface area contributed by atoms with Crippen LogP contribution < -0.4 is 0 Å². The Balaban J connectivity index is 1.82. The van der Waals surface area contributed by atoms with Crippen LogP contribution in [0.4, 0.5) is 0 Å². The van der Waals surface area contributed by atoms with Gasteiger partial charge in [-0.1, -0.05) is 35.0 Å². The van der Waals surface area contributed by atoms with Crippen molar-refractivity contribution in [3.05, 3.63) is 52.7 Å². The molecule has 4 nitrogen and oxygen atoms in total. The Morgan fingerprint density at radius 3 is 2.68 bits per heavy atom. The van der Waals surface area contributed by atoms with E-state index >= 15 is 0 Å². The maximum atomic E-state index is 9.62. The van der Waals surface area contributed by atoms with Crippen LogP contribution in [0.25, 0.3) is 10.8 Å². The maximum absolute atomic E-state index is 9.62. The van der Waals surface area contributed by atoms with Crippen LogP contribution in [0, 0.1) is 6.92 Å². The van der Waals surface area contributed by atoms with Gasteiger partial charge in [0.25, 0.3) is 5.89 Å². The largest absolute Gasteiger partial charge is 0.506 e. The predicted octanol–water partition coefficient (Wildman–Crippen LogP) is 3.40. The highest BCUT2D eigenvalue weighted by atomic mass is 32.1. The molecule has 2 heterocycles. The van der Waals surface area contributed by atoms with E-state index in [2.05, 4.69) is 29.2 Å². The predicted molar refractivity (Wildman–Crippen MR) is 73.3 cm³/mol. The Kier molecular flexibility index (Phi) is 3.05. The molecule has 0 fully saturated rings. The highest BCUT2D eigenvalue weighted by molar-refractivity contribution is 7.13. The number of hydrogen-bond acceptors (Lipinski definition) is 5. The van der Waals surface area contributed by atoms with Gasteiger partial charge in [0, 0.05) is 6.42 Å². The van der Waals surface area contributed by atoms with Gasteiger partial charge in [-0.05, 0) is 23.9 Å². The van der Waals surface area contributed by atoms with Crippen molar-refractivity contribution in [1.29, 1.82) is 0 Å². The van der Waals surface area contributed by atoms with E-state index in [1.165, 1.54) is 16.9 Å². The van der Waals surface area contributed by atoms with Gasteiger partial charge in [-0.3, -0.25) is 0 Å². The molecule has 0 radical (unpaired) electrons. The molecule has 0 aliphatic carbocycles. The van der Waals surface area contributed by atoms with E-state index in [1.54, 1.807) is 11.4 Å². The fraction of sp³-hybridized carbons (Fsp3) is 0.143. The highest BCUT2D eigenvalue weighted by Gasteiger charge is 2.14. The monoisotopic (exact) mass is 272 g/mol. The van der Waals surface area contributed by atoms with Gasteiger partial charge in [0.05, 0.1) is 0 Å². The number of hydrogen-bond donors (Lipinski definition) is 1. The van der Waals surface area contributed by atoms with Gasteiger partial charge < -0.3 is 9.63 Å². The van der Waals surface area contributed by atoms with Crippen LogP contribution in [-0.4, -0.2) is 15.2 Å². The Morgan fingerprint density at radius 2 is 2.00 bits per heavy atom. The van der Waals surface area contributed by atoms with Gasteiger partial charge in [0.2, 0.25) is 0 Å². The van der Waals surface area contributed by atoms with Crippen molar-refractivity contribution in [2.45, 2.75) is 13.3 Å². The number of aryl methyl sites for hydroxylation is 1. The van der Waals surface area contributed by atoms with E-state index in [1.807, 2.05) is 12.1 Å². The van der Waals surface area contributed by atoms with E-state index in [4.69, 9.17) is 4.52 Å². The molecule has 1 N–H and O–H groups in total. The first-order chi connectivity index (χ1) is 9.22. The normalized spacial score (nSPS) is 10.8. The van der Waals surface area contributed by atoms with Crippen LogP contribution in [-0.2, 0) is 6.42 Å². The van der Waals surface area contributed by atoms with E-state index < -0.39 is 0 Å². The quantitative estimate of drug-likeness (QED) is 0.793. The van der Waals surface area contributed by atoms with Gasteiger partial charge in [-0.15, -0.1) is 11.3 Å². The van der Waals surface area contributed by atoms with Crippen LogP contribution in [0.2, 0.25) is 0 Å². The minimum Gasteiger partial charge on any atom is -0.506 e. The third kappa shape index (κ3) is 2.51. The third-order valence-electron chi connectivity index (χ3n) is 2.79. The molecule has 0 spiro atoms. The van der Waals surface area contributed by atoms with Crippen LogP contribution in [0.5, 0.6) is 5.75 Å². The molecule has 2 aromatic heterocycles. The second-order valence-electron chi connectivity index (χ2n) is 4.31. The van der Waals surface area contributed by atoms with Crippen molar-refractivity contribution in [1.82, 2.24) is 10.1 Å². The maximum Gasteiger partial charge on any atom is 0.271 e. The van der Waals surface area contributed by atoms with Gasteiger partial charge in [-0.2, -0.15) is 4.98 Å². The minimum absolute atomic E-state index is 0.176. The molecule has 3 rings (SSSR count). The Morgan fingerprint density at radius 1 is 1.21 bits per heavy atom. The number of thiophene rings is 1. The van der Waals surface area contributed by atoms with Crippen molar-refractivity contribution < 1.29 is 9.63 Å². The van der Waals surface area contributed by atoms with Crippen LogP contribution >= 0.6 is 11.3 Å². The van der Waals surface area contributed by atoms with E-state index in [0.29, 0.717) is 23.0 Å². The summed E-state index contributed by atoms with van der Waals surface area (Å²) < 4.78 is 5.18. The molecule has 0 atom stereocenters. The standard InChI is InChI=1S/C14H12N2O2S/c1-9-2-4-10(5-3-9)8-12-15-14(18-16-12)13-11(17)6-7-19-13/h2-7,17H,8H2,1H3. The molecule has 19 heavy (non-hydrogen) atoms. The molecule has 0 unspecified atom stereocenters. The topological polar surface area (TPSA) is 59.2 Å². The summed E-state index contributed by atoms with van der Waals surface area (Å²) in [6, 6.07) is 9.83. The van der Waals surface area contributed by atoms with Gasteiger partial charge in [0.15, 0.2) is 5.82 Å². The Hall–Kier alpha value is -2.14. The molecule has 1 aromatic carbocycles. The number of nitrogens with zero attached hydrogens (tertiary/aromatic N) is 2. The highest BCUT2D eigenvalue weighted by Crippen LogP contribution is 2.33. The molecule has 0 amide bonds. The summed E-state index contributed by atoms with van der Waals surface area (Å²) in [5, 5.41) is 15.3. The van der Waals surface area contributed by atoms with Crippen LogP contribution in [0.1, 0.15) is 17.0 Å². The second-order valence-corrected chi connectivity index (χ2v) is 5.23. The third-order valence-corrected chi connectivity index (χ3v) is 3.68. The first kappa shape index (κ1) is 11.9. The molecule has 5 heteroatoms. The van der Waals surface area contributed by atoms with E-state index in [0.717, 1.165) is 5.56 Å². The zero-order valence-electron chi connectivity index (χ0n) is 10.3. The Labute approximate surface area is 114 Å². The molecule has 0 saturated heterocycles. The summed E-state index contributed by atoms with van der Waals surface area (Å²) >= 11 is 1.38. The lowest BCUT2D eigenvalue weighted by Gasteiger charge is -1.97. The number of aromatic hydroxyl groups is 1. The molecule has 0 saturated carbocycles. The van der Waals surface area contributed by atoms with Crippen LogP contribution in [0.3, 0.4) is 0 Å². The van der Waals surface area contributed by atoms with Crippen molar-refractivity contribution in [2.75, 3.05) is 0 Å². The number of aromatic nitrogens is 2. The molecular weight excluding hydrogens is 260 g/mol. The molecule has 3 aromatic rings. The van der Waals surface area contributed by atoms with Crippen molar-refractivity contribution in [3.8, 4) is 16.5 Å². The summed E-state index contributed by atoms with van der Waals surface area (Å²) in [4.78, 5) is 4.92. The lowest BCUT2D eigenvalue weighted by molar-refractivity contribution is 0.420. The second kappa shape index (κ2) is 4.85. The SMILES string of the molecule is Cc1ccc(Cc2noc(-c3sccc3O)n2)cc1. The van der Waals surface area contributed by atoms with E-state index in [-0.39, 0.29) is 5.75 Å². The first-order valence-electron chi connectivity index (χ1n) is 5.87. The fourth-order valence-electron chi connectivity index (χ4n) is 1.77. The Bertz CT molecular complexity index is 686. The molecule has 0 aliphatic rings. The molecule has 96 valence electrons. The minimum atomic E-state index is 0.176. The lowest BCUT2D eigenvalue weighted by Crippen LogP contribution is -1.90. The molecule has 0 bridgehead atoms. The van der Waals surface area contributed by atoms with Gasteiger partial charge in [-0.25, -0.2) is 0 Å². The van der Waals surface area contributed by atoms with Crippen LogP contribution in [0.15, 0.2) is 40.2 Å². The zero-order valence-corrected chi connectivity index (χ0v) is 11.1. The summed E-state index contributed by atoms with van der Waals surface area (Å²) in [7, 11) is 0. The fourth-order valence-corrected chi connectivity index (χ4v) is 2.47. The molecule has 0 aliphatic heterocycles. The number of benzene rings is 1. The van der Waals surface area contributed by atoms with Gasteiger partial charge >= 0.3 is 0 Å². The molecular formula is C14H12N2O2S. The summed E-state index contributed by atoms with van der Waals surface area (Å²) in [5.41, 5.74) is 2.36. The van der Waals surface area contributed by atoms with E-state index in [9.17, 15) is 5.11 Å². The average molecular weight is 272 g/mol. The summed E-state index contributed by atoms with van der Waals surface area (Å²) in [6.07, 6.45) is 0.621. The van der Waals surface area contributed by atoms with Crippen molar-refractivity contribution in [3.63, 3.8) is 0 Å². The first-order valence-corrected chi connectivity index (χ1v) is 6.75. The lowest BCUT2D eigenvalue weighted by atomic mass is 10.1.